The van der Waals surface area contributed by atoms with E-state index in [9.17, 15) is 18.5 Å². The van der Waals surface area contributed by atoms with E-state index in [-0.39, 0.29) is 45.4 Å². The molecule has 1 amide bonds. The van der Waals surface area contributed by atoms with Crippen LogP contribution in [0.25, 0.3) is 11.2 Å². The minimum atomic E-state index is -3.65. The Hall–Kier alpha value is -3.96. The molecule has 4 aromatic rings. The van der Waals surface area contributed by atoms with Crippen LogP contribution in [0.3, 0.4) is 0 Å². The third-order valence-corrected chi connectivity index (χ3v) is 11.2. The second-order valence-corrected chi connectivity index (χ2v) is 14.6. The minimum absolute atomic E-state index is 0.0633. The Morgan fingerprint density at radius 2 is 1.76 bits per heavy atom. The molecule has 1 saturated heterocycles. The van der Waals surface area contributed by atoms with E-state index >= 15 is 0 Å². The van der Waals surface area contributed by atoms with E-state index < -0.39 is 10.0 Å². The number of sulfonamides is 1. The first-order valence-corrected chi connectivity index (χ1v) is 17.3. The summed E-state index contributed by atoms with van der Waals surface area (Å²) in [4.78, 5) is 26.3. The van der Waals surface area contributed by atoms with Gasteiger partial charge in [-0.15, -0.1) is 0 Å². The zero-order chi connectivity index (χ0) is 32.6. The lowest BCUT2D eigenvalue weighted by Crippen LogP contribution is -2.45. The Morgan fingerprint density at radius 1 is 1.07 bits per heavy atom. The van der Waals surface area contributed by atoms with Gasteiger partial charge in [-0.1, -0.05) is 40.9 Å². The Bertz CT molecular complexity index is 1910. The lowest BCUT2D eigenvalue weighted by Gasteiger charge is -2.32. The lowest BCUT2D eigenvalue weighted by atomic mass is 9.85. The molecule has 6 rings (SSSR count). The summed E-state index contributed by atoms with van der Waals surface area (Å²) in [6.07, 6.45) is 5.65. The van der Waals surface area contributed by atoms with E-state index in [0.717, 1.165) is 12.0 Å². The second-order valence-electron chi connectivity index (χ2n) is 11.8. The fourth-order valence-corrected chi connectivity index (χ4v) is 8.31. The number of anilines is 3. The number of aryl methyl sites for hydroxylation is 1. The van der Waals surface area contributed by atoms with E-state index in [1.54, 1.807) is 30.5 Å². The van der Waals surface area contributed by atoms with E-state index in [1.165, 1.54) is 16.4 Å². The predicted molar refractivity (Wildman–Crippen MR) is 177 cm³/mol. The lowest BCUT2D eigenvalue weighted by molar-refractivity contribution is -0.122. The van der Waals surface area contributed by atoms with Crippen molar-refractivity contribution < 1.29 is 13.2 Å². The quantitative estimate of drug-likeness (QED) is 0.216. The number of primary amides is 1. The number of rotatable bonds is 8. The summed E-state index contributed by atoms with van der Waals surface area (Å²) in [5, 5.41) is 16.4. The van der Waals surface area contributed by atoms with Crippen LogP contribution < -0.4 is 16.4 Å². The van der Waals surface area contributed by atoms with Crippen LogP contribution in [0.2, 0.25) is 10.0 Å². The molecule has 12 nitrogen and oxygen atoms in total. The maximum Gasteiger partial charge on any atom is 0.243 e. The molecular weight excluding hydrogens is 649 g/mol. The zero-order valence-electron chi connectivity index (χ0n) is 25.1. The number of hydrogen-bond donors (Lipinski definition) is 3. The molecule has 240 valence electrons. The van der Waals surface area contributed by atoms with Crippen LogP contribution >= 0.6 is 23.2 Å². The van der Waals surface area contributed by atoms with E-state index in [0.29, 0.717) is 73.0 Å². The van der Waals surface area contributed by atoms with Crippen molar-refractivity contribution in [2.45, 2.75) is 62.4 Å². The molecule has 46 heavy (non-hydrogen) atoms. The van der Waals surface area contributed by atoms with Crippen molar-refractivity contribution in [3.05, 3.63) is 63.8 Å². The summed E-state index contributed by atoms with van der Waals surface area (Å²) in [5.74, 6) is 0.288. The highest BCUT2D eigenvalue weighted by Crippen LogP contribution is 2.39. The summed E-state index contributed by atoms with van der Waals surface area (Å²) >= 11 is 13.0. The highest BCUT2D eigenvalue weighted by Gasteiger charge is 2.32. The number of benzene rings is 2. The van der Waals surface area contributed by atoms with Gasteiger partial charge in [0.15, 0.2) is 5.65 Å². The number of halogens is 2. The van der Waals surface area contributed by atoms with Crippen molar-refractivity contribution in [3.8, 4) is 6.07 Å². The van der Waals surface area contributed by atoms with E-state index in [2.05, 4.69) is 15.6 Å². The molecule has 15 heteroatoms. The highest BCUT2D eigenvalue weighted by molar-refractivity contribution is 7.89. The van der Waals surface area contributed by atoms with Gasteiger partial charge < -0.3 is 16.4 Å². The Kier molecular flexibility index (Phi) is 9.07. The molecule has 2 fully saturated rings. The minimum Gasteiger partial charge on any atom is -0.369 e. The SMILES string of the molecule is Cc1ccc(S(=O)(=O)N2CCC[C@@H](Nc3ncc4nc(Nc5c(Cl)cc(C#N)cc5Cl)n([C@H]5CC[C@@H](C(N)=O)CC5)c4n3)C2)cc1. The smallest absolute Gasteiger partial charge is 0.243 e. The number of imidazole rings is 1. The standard InChI is InChI=1S/C31H33Cl2N9O3S/c1-18-4-10-23(11-5-18)46(44,45)41-12-2-3-21(17-41)37-30-36-16-26-29(40-30)42(22-8-6-20(7-9-22)28(35)43)31(38-26)39-27-24(32)13-19(15-34)14-25(27)33/h4-5,10-11,13-14,16,20-22H,2-3,6-9,12,17H2,1H3,(H2,35,43)(H,38,39)(H,36,37,40)/t20-,21-,22+/m1/s1. The number of piperidine rings is 1. The summed E-state index contributed by atoms with van der Waals surface area (Å²) in [6.45, 7) is 2.63. The first kappa shape index (κ1) is 32.0. The molecule has 1 atom stereocenters. The largest absolute Gasteiger partial charge is 0.369 e. The predicted octanol–water partition coefficient (Wildman–Crippen LogP) is 5.54. The Morgan fingerprint density at radius 3 is 2.41 bits per heavy atom. The second kappa shape index (κ2) is 13.0. The van der Waals surface area contributed by atoms with Gasteiger partial charge in [-0.3, -0.25) is 9.36 Å². The van der Waals surface area contributed by atoms with Crippen molar-refractivity contribution in [1.82, 2.24) is 23.8 Å². The van der Waals surface area contributed by atoms with Crippen LogP contribution in [0.5, 0.6) is 0 Å². The van der Waals surface area contributed by atoms with E-state index in [1.807, 2.05) is 17.6 Å². The van der Waals surface area contributed by atoms with Gasteiger partial charge in [-0.2, -0.15) is 14.6 Å². The van der Waals surface area contributed by atoms with Gasteiger partial charge in [0.1, 0.15) is 5.52 Å². The van der Waals surface area contributed by atoms with Gasteiger partial charge in [-0.05, 0) is 69.7 Å². The van der Waals surface area contributed by atoms with Crippen molar-refractivity contribution in [1.29, 1.82) is 5.26 Å². The maximum absolute atomic E-state index is 13.4. The molecule has 4 N–H and O–H groups in total. The molecule has 1 aliphatic carbocycles. The fourth-order valence-electron chi connectivity index (χ4n) is 6.20. The summed E-state index contributed by atoms with van der Waals surface area (Å²) in [6, 6.07) is 11.7. The normalized spacial score (nSPS) is 20.7. The third-order valence-electron chi connectivity index (χ3n) is 8.68. The van der Waals surface area contributed by atoms with Crippen molar-refractivity contribution in [3.63, 3.8) is 0 Å². The van der Waals surface area contributed by atoms with Crippen molar-refractivity contribution in [2.75, 3.05) is 23.7 Å². The average Bonchev–Trinajstić information content (AvgIpc) is 3.40. The molecule has 3 heterocycles. The molecule has 2 aliphatic rings. The van der Waals surface area contributed by atoms with Crippen LogP contribution in [-0.4, -0.2) is 57.3 Å². The van der Waals surface area contributed by atoms with Gasteiger partial charge >= 0.3 is 0 Å². The third kappa shape index (κ3) is 6.48. The number of nitriles is 1. The number of amides is 1. The van der Waals surface area contributed by atoms with Crippen LogP contribution in [0.1, 0.15) is 55.7 Å². The molecule has 2 aromatic heterocycles. The number of nitrogens with zero attached hydrogens (tertiary/aromatic N) is 6. The van der Waals surface area contributed by atoms with Gasteiger partial charge in [0.05, 0.1) is 38.5 Å². The number of hydrogen-bond acceptors (Lipinski definition) is 9. The fraction of sp³-hybridized carbons (Fsp3) is 0.387. The van der Waals surface area contributed by atoms with Gasteiger partial charge in [0, 0.05) is 31.1 Å². The molecule has 1 saturated carbocycles. The number of fused-ring (bicyclic) bond motifs is 1. The topological polar surface area (TPSA) is 172 Å². The summed E-state index contributed by atoms with van der Waals surface area (Å²) < 4.78 is 30.2. The first-order chi connectivity index (χ1) is 22.0. The van der Waals surface area contributed by atoms with Gasteiger partial charge in [-0.25, -0.2) is 18.4 Å². The van der Waals surface area contributed by atoms with Crippen LogP contribution in [-0.2, 0) is 14.8 Å². The Labute approximate surface area is 277 Å². The highest BCUT2D eigenvalue weighted by atomic mass is 35.5. The first-order valence-electron chi connectivity index (χ1n) is 15.1. The van der Waals surface area contributed by atoms with Crippen LogP contribution in [0.4, 0.5) is 17.6 Å². The van der Waals surface area contributed by atoms with Crippen molar-refractivity contribution >= 4 is 67.9 Å². The van der Waals surface area contributed by atoms with Crippen molar-refractivity contribution in [2.24, 2.45) is 11.7 Å². The van der Waals surface area contributed by atoms with Gasteiger partial charge in [0.25, 0.3) is 0 Å². The number of carbonyl (C=O) groups is 1. The molecular formula is C31H33Cl2N9O3S. The monoisotopic (exact) mass is 681 g/mol. The number of nitrogens with one attached hydrogen (secondary N) is 2. The molecule has 0 unspecified atom stereocenters. The zero-order valence-corrected chi connectivity index (χ0v) is 27.4. The number of carbonyl (C=O) groups excluding carboxylic acids is 1. The molecule has 0 spiro atoms. The number of nitrogens with two attached hydrogens (primary N) is 1. The maximum atomic E-state index is 13.4. The van der Waals surface area contributed by atoms with Gasteiger partial charge in [0.2, 0.25) is 27.8 Å². The van der Waals surface area contributed by atoms with E-state index in [4.69, 9.17) is 38.9 Å². The van der Waals surface area contributed by atoms with Crippen LogP contribution in [0.15, 0.2) is 47.5 Å². The summed E-state index contributed by atoms with van der Waals surface area (Å²) in [7, 11) is -3.65. The molecule has 0 bridgehead atoms. The number of aromatic nitrogens is 4. The molecule has 0 radical (unpaired) electrons. The molecule has 1 aliphatic heterocycles. The molecule has 2 aromatic carbocycles. The summed E-state index contributed by atoms with van der Waals surface area (Å²) in [5.41, 5.74) is 8.40. The van der Waals surface area contributed by atoms with Crippen LogP contribution in [0, 0.1) is 24.2 Å². The average molecular weight is 683 g/mol. The Balaban J connectivity index is 1.30.